The molecule has 0 unspecified atom stereocenters. The van der Waals surface area contributed by atoms with E-state index < -0.39 is 23.6 Å². The van der Waals surface area contributed by atoms with Gasteiger partial charge in [-0.15, -0.1) is 0 Å². The molecule has 2 fully saturated rings. The highest BCUT2D eigenvalue weighted by molar-refractivity contribution is 5.95. The fraction of sp³-hybridized carbons (Fsp3) is 0.556. The SMILES string of the molecule is O=C(CN(Cc1ccc(F)cc1F)C1CC1)NC(=O)NC1CCCC1. The third-order valence-corrected chi connectivity index (χ3v) is 4.74. The topological polar surface area (TPSA) is 61.4 Å². The molecular formula is C18H23F2N3O2. The molecule has 1 aromatic carbocycles. The summed E-state index contributed by atoms with van der Waals surface area (Å²) in [6.07, 6.45) is 5.95. The first-order valence-electron chi connectivity index (χ1n) is 8.79. The van der Waals surface area contributed by atoms with Crippen molar-refractivity contribution in [3.8, 4) is 0 Å². The minimum Gasteiger partial charge on any atom is -0.335 e. The van der Waals surface area contributed by atoms with E-state index in [2.05, 4.69) is 10.6 Å². The zero-order chi connectivity index (χ0) is 17.8. The second kappa shape index (κ2) is 7.91. The van der Waals surface area contributed by atoms with Crippen LogP contribution >= 0.6 is 0 Å². The average Bonchev–Trinajstić information content (AvgIpc) is 3.27. The Balaban J connectivity index is 1.52. The van der Waals surface area contributed by atoms with Crippen molar-refractivity contribution in [1.29, 1.82) is 0 Å². The molecule has 0 radical (unpaired) electrons. The van der Waals surface area contributed by atoms with Gasteiger partial charge in [-0.25, -0.2) is 13.6 Å². The van der Waals surface area contributed by atoms with Gasteiger partial charge in [0.2, 0.25) is 5.91 Å². The summed E-state index contributed by atoms with van der Waals surface area (Å²) in [5.41, 5.74) is 0.344. The number of nitrogens with zero attached hydrogens (tertiary/aromatic N) is 1. The molecule has 3 rings (SSSR count). The van der Waals surface area contributed by atoms with Crippen LogP contribution < -0.4 is 10.6 Å². The van der Waals surface area contributed by atoms with E-state index in [9.17, 15) is 18.4 Å². The van der Waals surface area contributed by atoms with Gasteiger partial charge in [-0.2, -0.15) is 0 Å². The first-order chi connectivity index (χ1) is 12.0. The van der Waals surface area contributed by atoms with Crippen molar-refractivity contribution in [2.45, 2.75) is 57.2 Å². The van der Waals surface area contributed by atoms with E-state index in [0.29, 0.717) is 5.56 Å². The van der Waals surface area contributed by atoms with Gasteiger partial charge in [0.25, 0.3) is 0 Å². The molecule has 2 saturated carbocycles. The highest BCUT2D eigenvalue weighted by atomic mass is 19.1. The van der Waals surface area contributed by atoms with Crippen molar-refractivity contribution in [2.75, 3.05) is 6.54 Å². The summed E-state index contributed by atoms with van der Waals surface area (Å²) in [6, 6.07) is 3.31. The molecule has 2 aliphatic carbocycles. The van der Waals surface area contributed by atoms with Gasteiger partial charge >= 0.3 is 6.03 Å². The van der Waals surface area contributed by atoms with E-state index in [0.717, 1.165) is 44.6 Å². The van der Waals surface area contributed by atoms with Crippen LogP contribution in [0.4, 0.5) is 13.6 Å². The maximum Gasteiger partial charge on any atom is 0.321 e. The molecule has 0 aromatic heterocycles. The van der Waals surface area contributed by atoms with Gasteiger partial charge in [0, 0.05) is 30.3 Å². The highest BCUT2D eigenvalue weighted by Crippen LogP contribution is 2.28. The second-order valence-electron chi connectivity index (χ2n) is 6.87. The maximum absolute atomic E-state index is 13.8. The van der Waals surface area contributed by atoms with Gasteiger partial charge in [-0.1, -0.05) is 18.9 Å². The Morgan fingerprint density at radius 1 is 1.12 bits per heavy atom. The Morgan fingerprint density at radius 3 is 2.48 bits per heavy atom. The van der Waals surface area contributed by atoms with Crippen LogP contribution in [0.15, 0.2) is 18.2 Å². The van der Waals surface area contributed by atoms with Crippen LogP contribution in [0.1, 0.15) is 44.1 Å². The van der Waals surface area contributed by atoms with Crippen LogP contribution in [-0.2, 0) is 11.3 Å². The summed E-state index contributed by atoms with van der Waals surface area (Å²) in [5.74, 6) is -1.66. The third-order valence-electron chi connectivity index (χ3n) is 4.74. The summed E-state index contributed by atoms with van der Waals surface area (Å²) in [4.78, 5) is 25.8. The van der Waals surface area contributed by atoms with Crippen LogP contribution in [0.3, 0.4) is 0 Å². The molecule has 0 spiro atoms. The number of imide groups is 1. The van der Waals surface area contributed by atoms with E-state index in [-0.39, 0.29) is 25.2 Å². The number of benzene rings is 1. The van der Waals surface area contributed by atoms with Crippen molar-refractivity contribution in [3.05, 3.63) is 35.4 Å². The van der Waals surface area contributed by atoms with Gasteiger partial charge in [0.1, 0.15) is 11.6 Å². The monoisotopic (exact) mass is 351 g/mol. The second-order valence-corrected chi connectivity index (χ2v) is 6.87. The van der Waals surface area contributed by atoms with Crippen LogP contribution in [0.5, 0.6) is 0 Å². The number of hydrogen-bond donors (Lipinski definition) is 2. The molecule has 5 nitrogen and oxygen atoms in total. The van der Waals surface area contributed by atoms with Gasteiger partial charge in [-0.05, 0) is 31.7 Å². The van der Waals surface area contributed by atoms with Crippen LogP contribution in [0, 0.1) is 11.6 Å². The Hall–Kier alpha value is -2.02. The lowest BCUT2D eigenvalue weighted by Gasteiger charge is -2.22. The molecule has 0 aliphatic heterocycles. The van der Waals surface area contributed by atoms with E-state index in [1.54, 1.807) is 0 Å². The number of carbonyl (C=O) groups excluding carboxylic acids is 2. The largest absolute Gasteiger partial charge is 0.335 e. The predicted octanol–water partition coefficient (Wildman–Crippen LogP) is 2.70. The average molecular weight is 351 g/mol. The van der Waals surface area contributed by atoms with E-state index in [4.69, 9.17) is 0 Å². The summed E-state index contributed by atoms with van der Waals surface area (Å²) >= 11 is 0. The van der Waals surface area contributed by atoms with Crippen molar-refractivity contribution in [3.63, 3.8) is 0 Å². The van der Waals surface area contributed by atoms with Crippen molar-refractivity contribution in [1.82, 2.24) is 15.5 Å². The molecule has 0 saturated heterocycles. The van der Waals surface area contributed by atoms with Crippen LogP contribution in [0.2, 0.25) is 0 Å². The van der Waals surface area contributed by atoms with Gasteiger partial charge in [0.15, 0.2) is 0 Å². The maximum atomic E-state index is 13.8. The van der Waals surface area contributed by atoms with E-state index in [1.807, 2.05) is 4.90 Å². The van der Waals surface area contributed by atoms with Crippen LogP contribution in [0.25, 0.3) is 0 Å². The molecule has 1 aromatic rings. The standard InChI is InChI=1S/C18H23F2N3O2/c19-13-6-5-12(16(20)9-13)10-23(15-7-8-15)11-17(24)22-18(25)21-14-3-1-2-4-14/h5-6,9,14-15H,1-4,7-8,10-11H2,(H2,21,22,24,25). The van der Waals surface area contributed by atoms with E-state index in [1.165, 1.54) is 12.1 Å². The Labute approximate surface area is 145 Å². The smallest absolute Gasteiger partial charge is 0.321 e. The summed E-state index contributed by atoms with van der Waals surface area (Å²) < 4.78 is 26.9. The highest BCUT2D eigenvalue weighted by Gasteiger charge is 2.31. The number of carbonyl (C=O) groups is 2. The molecule has 0 heterocycles. The fourth-order valence-electron chi connectivity index (χ4n) is 3.26. The zero-order valence-electron chi connectivity index (χ0n) is 14.1. The number of hydrogen-bond acceptors (Lipinski definition) is 3. The molecule has 0 atom stereocenters. The first-order valence-corrected chi connectivity index (χ1v) is 8.79. The molecule has 2 aliphatic rings. The minimum atomic E-state index is -0.624. The molecule has 25 heavy (non-hydrogen) atoms. The number of amides is 3. The minimum absolute atomic E-state index is 0.0135. The number of urea groups is 1. The summed E-state index contributed by atoms with van der Waals surface area (Å²) in [6.45, 7) is 0.230. The molecule has 136 valence electrons. The fourth-order valence-corrected chi connectivity index (χ4v) is 3.26. The van der Waals surface area contributed by atoms with Gasteiger partial charge in [-0.3, -0.25) is 15.0 Å². The molecule has 3 amide bonds. The Kier molecular flexibility index (Phi) is 5.63. The number of halogens is 2. The molecule has 2 N–H and O–H groups in total. The normalized spacial score (nSPS) is 17.7. The molecular weight excluding hydrogens is 328 g/mol. The quantitative estimate of drug-likeness (QED) is 0.828. The lowest BCUT2D eigenvalue weighted by molar-refractivity contribution is -0.121. The number of rotatable bonds is 6. The van der Waals surface area contributed by atoms with Gasteiger partial charge in [0.05, 0.1) is 6.54 Å². The predicted molar refractivity (Wildman–Crippen MR) is 88.7 cm³/mol. The van der Waals surface area contributed by atoms with Crippen molar-refractivity contribution >= 4 is 11.9 Å². The Morgan fingerprint density at radius 2 is 1.84 bits per heavy atom. The third kappa shape index (κ3) is 5.22. The Bertz CT molecular complexity index is 643. The summed E-state index contributed by atoms with van der Waals surface area (Å²) in [5, 5.41) is 5.15. The van der Waals surface area contributed by atoms with Crippen molar-refractivity contribution in [2.24, 2.45) is 0 Å². The van der Waals surface area contributed by atoms with Gasteiger partial charge < -0.3 is 5.32 Å². The number of nitrogens with one attached hydrogen (secondary N) is 2. The first kappa shape index (κ1) is 17.8. The van der Waals surface area contributed by atoms with Crippen molar-refractivity contribution < 1.29 is 18.4 Å². The molecule has 0 bridgehead atoms. The lowest BCUT2D eigenvalue weighted by Crippen LogP contribution is -2.47. The van der Waals surface area contributed by atoms with Crippen LogP contribution in [-0.4, -0.2) is 35.5 Å². The summed E-state index contributed by atoms with van der Waals surface area (Å²) in [7, 11) is 0. The zero-order valence-corrected chi connectivity index (χ0v) is 14.1. The molecule has 7 heteroatoms. The lowest BCUT2D eigenvalue weighted by atomic mass is 10.2. The van der Waals surface area contributed by atoms with E-state index >= 15 is 0 Å².